The van der Waals surface area contributed by atoms with Crippen LogP contribution in [0.15, 0.2) is 12.4 Å². The molecule has 0 aliphatic heterocycles. The van der Waals surface area contributed by atoms with E-state index in [4.69, 9.17) is 5.73 Å². The van der Waals surface area contributed by atoms with Crippen LogP contribution in [-0.2, 0) is 11.2 Å². The van der Waals surface area contributed by atoms with Gasteiger partial charge in [-0.3, -0.25) is 4.79 Å². The van der Waals surface area contributed by atoms with E-state index in [0.717, 1.165) is 18.7 Å². The van der Waals surface area contributed by atoms with E-state index in [-0.39, 0.29) is 11.9 Å². The van der Waals surface area contributed by atoms with Gasteiger partial charge in [-0.15, -0.1) is 0 Å². The number of aryl methyl sites for hydroxylation is 1. The summed E-state index contributed by atoms with van der Waals surface area (Å²) in [7, 11) is 1.76. The number of likely N-dealkylation sites (N-methyl/N-ethyl adjacent to an activating group) is 1. The zero-order valence-electron chi connectivity index (χ0n) is 11.7. The molecule has 0 saturated carbocycles. The van der Waals surface area contributed by atoms with E-state index < -0.39 is 5.54 Å². The van der Waals surface area contributed by atoms with Crippen molar-refractivity contribution in [1.29, 1.82) is 0 Å². The molecule has 0 aliphatic rings. The highest BCUT2D eigenvalue weighted by molar-refractivity contribution is 5.84. The quantitative estimate of drug-likeness (QED) is 0.767. The highest BCUT2D eigenvalue weighted by Gasteiger charge is 2.31. The van der Waals surface area contributed by atoms with Gasteiger partial charge in [0.15, 0.2) is 0 Å². The number of aromatic nitrogens is 2. The van der Waals surface area contributed by atoms with Crippen molar-refractivity contribution < 1.29 is 4.79 Å². The molecule has 1 heterocycles. The molecule has 0 aliphatic carbocycles. The molecular formula is C13H24N4O. The zero-order chi connectivity index (χ0) is 13.8. The summed E-state index contributed by atoms with van der Waals surface area (Å²) in [6.07, 6.45) is 6.42. The topological polar surface area (TPSA) is 72.9 Å². The minimum Gasteiger partial charge on any atom is -0.368 e. The maximum absolute atomic E-state index is 11.5. The number of nitrogens with zero attached hydrogens (tertiary/aromatic N) is 2. The van der Waals surface area contributed by atoms with Crippen molar-refractivity contribution in [2.24, 2.45) is 5.73 Å². The van der Waals surface area contributed by atoms with Gasteiger partial charge in [0.2, 0.25) is 5.91 Å². The third-order valence-corrected chi connectivity index (χ3v) is 3.50. The van der Waals surface area contributed by atoms with Gasteiger partial charge in [0.05, 0.1) is 5.54 Å². The van der Waals surface area contributed by atoms with Crippen molar-refractivity contribution >= 4 is 5.91 Å². The molecule has 18 heavy (non-hydrogen) atoms. The average Bonchev–Trinajstić information content (AvgIpc) is 2.77. The third kappa shape index (κ3) is 3.10. The molecule has 102 valence electrons. The van der Waals surface area contributed by atoms with Crippen molar-refractivity contribution in [2.75, 3.05) is 7.05 Å². The lowest BCUT2D eigenvalue weighted by Gasteiger charge is -2.29. The molecule has 0 bridgehead atoms. The molecule has 1 rings (SSSR count). The summed E-state index contributed by atoms with van der Waals surface area (Å²) in [6, 6.07) is 0.180. The number of nitrogens with one attached hydrogen (secondary N) is 1. The van der Waals surface area contributed by atoms with Crippen LogP contribution >= 0.6 is 0 Å². The molecule has 3 N–H and O–H groups in total. The maximum atomic E-state index is 11.5. The molecule has 5 nitrogen and oxygen atoms in total. The highest BCUT2D eigenvalue weighted by atomic mass is 16.1. The van der Waals surface area contributed by atoms with Crippen LogP contribution in [0.5, 0.6) is 0 Å². The first-order valence-electron chi connectivity index (χ1n) is 6.45. The Balaban J connectivity index is 2.84. The first kappa shape index (κ1) is 14.7. The fraction of sp³-hybridized carbons (Fsp3) is 0.692. The first-order valence-corrected chi connectivity index (χ1v) is 6.45. The Hall–Kier alpha value is -1.36. The van der Waals surface area contributed by atoms with Gasteiger partial charge in [-0.2, -0.15) is 0 Å². The SMILES string of the molecule is CCCc1nccn1C(C)CC(C)(NC)C(N)=O. The fourth-order valence-corrected chi connectivity index (χ4v) is 2.18. The number of hydrogen-bond acceptors (Lipinski definition) is 3. The van der Waals surface area contributed by atoms with E-state index in [2.05, 4.69) is 28.7 Å². The molecule has 1 aromatic heterocycles. The van der Waals surface area contributed by atoms with Gasteiger partial charge < -0.3 is 15.6 Å². The first-order chi connectivity index (χ1) is 8.44. The summed E-state index contributed by atoms with van der Waals surface area (Å²) in [4.78, 5) is 15.9. The van der Waals surface area contributed by atoms with Crippen LogP contribution in [0.1, 0.15) is 45.5 Å². The Morgan fingerprint density at radius 1 is 1.67 bits per heavy atom. The molecule has 2 unspecified atom stereocenters. The molecule has 0 spiro atoms. The number of primary amides is 1. The van der Waals surface area contributed by atoms with Crippen molar-refractivity contribution in [3.63, 3.8) is 0 Å². The number of hydrogen-bond donors (Lipinski definition) is 2. The van der Waals surface area contributed by atoms with E-state index in [0.29, 0.717) is 6.42 Å². The maximum Gasteiger partial charge on any atom is 0.237 e. The molecule has 0 saturated heterocycles. The van der Waals surface area contributed by atoms with Crippen LogP contribution in [0.3, 0.4) is 0 Å². The molecule has 5 heteroatoms. The number of amides is 1. The Labute approximate surface area is 109 Å². The fourth-order valence-electron chi connectivity index (χ4n) is 2.18. The smallest absolute Gasteiger partial charge is 0.237 e. The third-order valence-electron chi connectivity index (χ3n) is 3.50. The molecular weight excluding hydrogens is 228 g/mol. The summed E-state index contributed by atoms with van der Waals surface area (Å²) in [5.41, 5.74) is 4.77. The molecule has 1 amide bonds. The van der Waals surface area contributed by atoms with Gasteiger partial charge in [-0.25, -0.2) is 4.98 Å². The molecule has 2 atom stereocenters. The van der Waals surface area contributed by atoms with E-state index in [1.165, 1.54) is 0 Å². The van der Waals surface area contributed by atoms with E-state index >= 15 is 0 Å². The number of rotatable bonds is 7. The Morgan fingerprint density at radius 3 is 2.83 bits per heavy atom. The van der Waals surface area contributed by atoms with Crippen LogP contribution < -0.4 is 11.1 Å². The van der Waals surface area contributed by atoms with Gasteiger partial charge in [0.25, 0.3) is 0 Å². The summed E-state index contributed by atoms with van der Waals surface area (Å²) >= 11 is 0. The summed E-state index contributed by atoms with van der Waals surface area (Å²) in [5.74, 6) is 0.738. The van der Waals surface area contributed by atoms with Gasteiger partial charge in [-0.05, 0) is 33.7 Å². The monoisotopic (exact) mass is 252 g/mol. The normalized spacial score (nSPS) is 16.2. The van der Waals surface area contributed by atoms with Crippen molar-refractivity contribution in [3.8, 4) is 0 Å². The second-order valence-electron chi connectivity index (χ2n) is 5.00. The number of nitrogens with two attached hydrogens (primary N) is 1. The lowest BCUT2D eigenvalue weighted by Crippen LogP contribution is -2.52. The van der Waals surface area contributed by atoms with Crippen molar-refractivity contribution in [3.05, 3.63) is 18.2 Å². The zero-order valence-corrected chi connectivity index (χ0v) is 11.7. The van der Waals surface area contributed by atoms with Crippen molar-refractivity contribution in [1.82, 2.24) is 14.9 Å². The summed E-state index contributed by atoms with van der Waals surface area (Å²) in [6.45, 7) is 6.05. The van der Waals surface area contributed by atoms with Gasteiger partial charge >= 0.3 is 0 Å². The average molecular weight is 252 g/mol. The van der Waals surface area contributed by atoms with Crippen LogP contribution in [0, 0.1) is 0 Å². The minimum absolute atomic E-state index is 0.180. The predicted octanol–water partition coefficient (Wildman–Crippen LogP) is 1.25. The predicted molar refractivity (Wildman–Crippen MR) is 72.2 cm³/mol. The Kier molecular flexibility index (Phi) is 4.90. The number of carbonyl (C=O) groups excluding carboxylic acids is 1. The Morgan fingerprint density at radius 2 is 2.33 bits per heavy atom. The van der Waals surface area contributed by atoms with Gasteiger partial charge in [-0.1, -0.05) is 6.92 Å². The van der Waals surface area contributed by atoms with Crippen LogP contribution in [0.4, 0.5) is 0 Å². The minimum atomic E-state index is -0.687. The summed E-state index contributed by atoms with van der Waals surface area (Å²) < 4.78 is 2.13. The molecule has 1 aromatic rings. The number of carbonyl (C=O) groups is 1. The largest absolute Gasteiger partial charge is 0.368 e. The van der Waals surface area contributed by atoms with Gasteiger partial charge in [0, 0.05) is 24.9 Å². The van der Waals surface area contributed by atoms with Gasteiger partial charge in [0.1, 0.15) is 5.82 Å². The lowest BCUT2D eigenvalue weighted by molar-refractivity contribution is -0.124. The molecule has 0 radical (unpaired) electrons. The molecule has 0 aromatic carbocycles. The highest BCUT2D eigenvalue weighted by Crippen LogP contribution is 2.22. The summed E-state index contributed by atoms with van der Waals surface area (Å²) in [5, 5.41) is 3.01. The van der Waals surface area contributed by atoms with E-state index in [9.17, 15) is 4.79 Å². The second-order valence-corrected chi connectivity index (χ2v) is 5.00. The van der Waals surface area contributed by atoms with Crippen LogP contribution in [-0.4, -0.2) is 28.0 Å². The standard InChI is InChI=1S/C13H24N4O/c1-5-6-11-16-7-8-17(11)10(2)9-13(3,15-4)12(14)18/h7-8,10,15H,5-6,9H2,1-4H3,(H2,14,18). The van der Waals surface area contributed by atoms with E-state index in [1.807, 2.05) is 19.3 Å². The van der Waals surface area contributed by atoms with Crippen molar-refractivity contribution in [2.45, 2.75) is 51.6 Å². The lowest BCUT2D eigenvalue weighted by atomic mass is 9.93. The second kappa shape index (κ2) is 6.00. The van der Waals surface area contributed by atoms with Crippen LogP contribution in [0.2, 0.25) is 0 Å². The Bertz CT molecular complexity index is 401. The van der Waals surface area contributed by atoms with E-state index in [1.54, 1.807) is 7.05 Å². The van der Waals surface area contributed by atoms with Crippen LogP contribution in [0.25, 0.3) is 0 Å². The number of imidazole rings is 1. The molecule has 0 fully saturated rings.